The topological polar surface area (TPSA) is 53.9 Å². The SMILES string of the molecule is CN(Cc1ccccc1)c1nncc(Nc2ccc(Cl)c(Cl)c2)n1. The summed E-state index contributed by atoms with van der Waals surface area (Å²) >= 11 is 11.9. The van der Waals surface area contributed by atoms with Gasteiger partial charge in [-0.2, -0.15) is 10.1 Å². The van der Waals surface area contributed by atoms with Gasteiger partial charge in [0.05, 0.1) is 16.2 Å². The van der Waals surface area contributed by atoms with Gasteiger partial charge in [0.1, 0.15) is 0 Å². The summed E-state index contributed by atoms with van der Waals surface area (Å²) in [6.45, 7) is 0.693. The number of aromatic nitrogens is 3. The number of anilines is 3. The van der Waals surface area contributed by atoms with E-state index < -0.39 is 0 Å². The van der Waals surface area contributed by atoms with E-state index in [1.165, 1.54) is 5.56 Å². The summed E-state index contributed by atoms with van der Waals surface area (Å²) in [5.74, 6) is 1.11. The van der Waals surface area contributed by atoms with Crippen molar-refractivity contribution in [2.75, 3.05) is 17.3 Å². The number of benzene rings is 2. The molecule has 0 saturated carbocycles. The molecule has 0 aliphatic carbocycles. The largest absolute Gasteiger partial charge is 0.339 e. The lowest BCUT2D eigenvalue weighted by Crippen LogP contribution is -2.19. The van der Waals surface area contributed by atoms with Gasteiger partial charge in [0.2, 0.25) is 5.95 Å². The van der Waals surface area contributed by atoms with E-state index in [-0.39, 0.29) is 0 Å². The molecule has 0 aliphatic rings. The zero-order valence-electron chi connectivity index (χ0n) is 12.9. The summed E-state index contributed by atoms with van der Waals surface area (Å²) in [6.07, 6.45) is 1.56. The summed E-state index contributed by atoms with van der Waals surface area (Å²) in [7, 11) is 1.92. The third-order valence-corrected chi connectivity index (χ3v) is 4.08. The van der Waals surface area contributed by atoms with Crippen LogP contribution in [0.1, 0.15) is 5.56 Å². The Morgan fingerprint density at radius 3 is 2.58 bits per heavy atom. The Morgan fingerprint density at radius 1 is 1.04 bits per heavy atom. The van der Waals surface area contributed by atoms with Crippen molar-refractivity contribution in [3.8, 4) is 0 Å². The zero-order valence-corrected chi connectivity index (χ0v) is 14.5. The molecule has 2 aromatic carbocycles. The fourth-order valence-electron chi connectivity index (χ4n) is 2.17. The van der Waals surface area contributed by atoms with E-state index in [4.69, 9.17) is 23.2 Å². The number of hydrogen-bond acceptors (Lipinski definition) is 5. The molecular formula is C17H15Cl2N5. The van der Waals surface area contributed by atoms with Crippen molar-refractivity contribution in [2.45, 2.75) is 6.54 Å². The molecule has 0 saturated heterocycles. The van der Waals surface area contributed by atoms with Crippen molar-refractivity contribution in [1.29, 1.82) is 0 Å². The minimum absolute atomic E-state index is 0.477. The van der Waals surface area contributed by atoms with Gasteiger partial charge >= 0.3 is 0 Å². The van der Waals surface area contributed by atoms with Crippen molar-refractivity contribution in [2.24, 2.45) is 0 Å². The Morgan fingerprint density at radius 2 is 1.83 bits per heavy atom. The highest BCUT2D eigenvalue weighted by Crippen LogP contribution is 2.26. The van der Waals surface area contributed by atoms with E-state index in [0.29, 0.717) is 28.4 Å². The van der Waals surface area contributed by atoms with E-state index in [0.717, 1.165) is 5.69 Å². The third-order valence-electron chi connectivity index (χ3n) is 3.34. The first-order valence-electron chi connectivity index (χ1n) is 7.28. The molecule has 0 amide bonds. The predicted octanol–water partition coefficient (Wildman–Crippen LogP) is 4.56. The average molecular weight is 360 g/mol. The molecule has 1 N–H and O–H groups in total. The molecule has 0 atom stereocenters. The molecule has 3 aromatic rings. The number of nitrogens with zero attached hydrogens (tertiary/aromatic N) is 4. The fourth-order valence-corrected chi connectivity index (χ4v) is 2.46. The number of hydrogen-bond donors (Lipinski definition) is 1. The van der Waals surface area contributed by atoms with Crippen LogP contribution >= 0.6 is 23.2 Å². The van der Waals surface area contributed by atoms with Crippen LogP contribution in [-0.2, 0) is 6.54 Å². The molecular weight excluding hydrogens is 345 g/mol. The van der Waals surface area contributed by atoms with Gasteiger partial charge in [-0.15, -0.1) is 5.10 Å². The summed E-state index contributed by atoms with van der Waals surface area (Å²) in [6, 6.07) is 15.4. The molecule has 1 aromatic heterocycles. The highest BCUT2D eigenvalue weighted by atomic mass is 35.5. The summed E-state index contributed by atoms with van der Waals surface area (Å²) < 4.78 is 0. The number of rotatable bonds is 5. The highest BCUT2D eigenvalue weighted by molar-refractivity contribution is 6.42. The first kappa shape index (κ1) is 16.5. The Bertz CT molecular complexity index is 826. The lowest BCUT2D eigenvalue weighted by atomic mass is 10.2. The van der Waals surface area contributed by atoms with Crippen LogP contribution in [0.15, 0.2) is 54.7 Å². The predicted molar refractivity (Wildman–Crippen MR) is 98.1 cm³/mol. The fraction of sp³-hybridized carbons (Fsp3) is 0.118. The van der Waals surface area contributed by atoms with E-state index in [1.807, 2.05) is 36.2 Å². The van der Waals surface area contributed by atoms with Crippen LogP contribution in [0.2, 0.25) is 10.0 Å². The van der Waals surface area contributed by atoms with Crippen molar-refractivity contribution in [1.82, 2.24) is 15.2 Å². The van der Waals surface area contributed by atoms with Crippen LogP contribution < -0.4 is 10.2 Å². The Kier molecular flexibility index (Phi) is 5.13. The smallest absolute Gasteiger partial charge is 0.247 e. The van der Waals surface area contributed by atoms with Crippen LogP contribution in [0.25, 0.3) is 0 Å². The van der Waals surface area contributed by atoms with Crippen LogP contribution in [0.4, 0.5) is 17.5 Å². The second kappa shape index (κ2) is 7.47. The Balaban J connectivity index is 1.74. The molecule has 7 heteroatoms. The Hall–Kier alpha value is -2.37. The summed E-state index contributed by atoms with van der Waals surface area (Å²) in [5.41, 5.74) is 1.95. The van der Waals surface area contributed by atoms with Crippen molar-refractivity contribution >= 4 is 40.7 Å². The minimum Gasteiger partial charge on any atom is -0.339 e. The van der Waals surface area contributed by atoms with E-state index in [1.54, 1.807) is 18.3 Å². The van der Waals surface area contributed by atoms with Crippen LogP contribution in [0.5, 0.6) is 0 Å². The van der Waals surface area contributed by atoms with Gasteiger partial charge in [-0.25, -0.2) is 0 Å². The second-order valence-corrected chi connectivity index (χ2v) is 6.05. The molecule has 5 nitrogen and oxygen atoms in total. The van der Waals surface area contributed by atoms with Gasteiger partial charge in [-0.1, -0.05) is 53.5 Å². The number of nitrogens with one attached hydrogen (secondary N) is 1. The van der Waals surface area contributed by atoms with Gasteiger partial charge in [0.15, 0.2) is 5.82 Å². The highest BCUT2D eigenvalue weighted by Gasteiger charge is 2.08. The van der Waals surface area contributed by atoms with Crippen molar-refractivity contribution < 1.29 is 0 Å². The van der Waals surface area contributed by atoms with E-state index >= 15 is 0 Å². The molecule has 1 heterocycles. The average Bonchev–Trinajstić information content (AvgIpc) is 2.59. The van der Waals surface area contributed by atoms with Gasteiger partial charge in [-0.3, -0.25) is 0 Å². The van der Waals surface area contributed by atoms with Gasteiger partial charge < -0.3 is 10.2 Å². The zero-order chi connectivity index (χ0) is 16.9. The third kappa shape index (κ3) is 4.13. The van der Waals surface area contributed by atoms with Crippen LogP contribution in [0.3, 0.4) is 0 Å². The standard InChI is InChI=1S/C17H15Cl2N5/c1-24(11-12-5-3-2-4-6-12)17-22-16(10-20-23-17)21-13-7-8-14(18)15(19)9-13/h2-10H,11H2,1H3,(H,21,22,23). The maximum Gasteiger partial charge on any atom is 0.247 e. The van der Waals surface area contributed by atoms with Crippen LogP contribution in [0, 0.1) is 0 Å². The molecule has 0 unspecified atom stereocenters. The summed E-state index contributed by atoms with van der Waals surface area (Å²) in [4.78, 5) is 6.41. The number of halogens is 2. The van der Waals surface area contributed by atoms with E-state index in [2.05, 4.69) is 32.6 Å². The van der Waals surface area contributed by atoms with Crippen molar-refractivity contribution in [3.05, 3.63) is 70.3 Å². The molecule has 24 heavy (non-hydrogen) atoms. The van der Waals surface area contributed by atoms with Gasteiger partial charge in [-0.05, 0) is 23.8 Å². The second-order valence-electron chi connectivity index (χ2n) is 5.24. The minimum atomic E-state index is 0.477. The quantitative estimate of drug-likeness (QED) is 0.723. The first-order chi connectivity index (χ1) is 11.6. The van der Waals surface area contributed by atoms with Crippen LogP contribution in [-0.4, -0.2) is 22.2 Å². The molecule has 0 aliphatic heterocycles. The van der Waals surface area contributed by atoms with Gasteiger partial charge in [0.25, 0.3) is 0 Å². The normalized spacial score (nSPS) is 10.5. The van der Waals surface area contributed by atoms with Gasteiger partial charge in [0, 0.05) is 19.3 Å². The monoisotopic (exact) mass is 359 g/mol. The molecule has 0 radical (unpaired) electrons. The summed E-state index contributed by atoms with van der Waals surface area (Å²) in [5, 5.41) is 12.2. The Labute approximate surface area is 150 Å². The molecule has 0 fully saturated rings. The van der Waals surface area contributed by atoms with E-state index in [9.17, 15) is 0 Å². The lowest BCUT2D eigenvalue weighted by molar-refractivity contribution is 0.831. The molecule has 0 bridgehead atoms. The molecule has 0 spiro atoms. The molecule has 122 valence electrons. The maximum absolute atomic E-state index is 6.02. The first-order valence-corrected chi connectivity index (χ1v) is 8.04. The molecule has 3 rings (SSSR count). The lowest BCUT2D eigenvalue weighted by Gasteiger charge is -2.17. The maximum atomic E-state index is 6.02. The van der Waals surface area contributed by atoms with Crippen molar-refractivity contribution in [3.63, 3.8) is 0 Å².